The van der Waals surface area contributed by atoms with Crippen LogP contribution in [0.1, 0.15) is 36.7 Å². The fourth-order valence-electron chi connectivity index (χ4n) is 2.22. The van der Waals surface area contributed by atoms with E-state index in [1.54, 1.807) is 37.3 Å². The molecule has 2 aromatic carbocycles. The molecule has 2 rings (SSSR count). The molecule has 1 unspecified atom stereocenters. The van der Waals surface area contributed by atoms with Gasteiger partial charge in [0, 0.05) is 16.3 Å². The Balaban J connectivity index is 2.14. The number of carbonyl (C=O) groups is 2. The first-order valence-electron chi connectivity index (χ1n) is 8.67. The molecule has 0 radical (unpaired) electrons. The fraction of sp³-hybridized carbons (Fsp3) is 0.286. The van der Waals surface area contributed by atoms with Gasteiger partial charge >= 0.3 is 5.97 Å². The Hall–Kier alpha value is -2.78. The van der Waals surface area contributed by atoms with Crippen molar-refractivity contribution in [2.45, 2.75) is 36.7 Å². The summed E-state index contributed by atoms with van der Waals surface area (Å²) in [6, 6.07) is 16.3. The van der Waals surface area contributed by atoms with Crippen LogP contribution in [-0.4, -0.2) is 24.5 Å². The summed E-state index contributed by atoms with van der Waals surface area (Å²) < 4.78 is 5.34. The van der Waals surface area contributed by atoms with E-state index >= 15 is 0 Å². The highest BCUT2D eigenvalue weighted by Crippen LogP contribution is 2.33. The third-order valence-corrected chi connectivity index (χ3v) is 4.82. The van der Waals surface area contributed by atoms with E-state index < -0.39 is 12.1 Å². The van der Waals surface area contributed by atoms with Gasteiger partial charge in [0.15, 0.2) is 6.10 Å². The van der Waals surface area contributed by atoms with Crippen molar-refractivity contribution in [2.75, 3.05) is 6.54 Å². The molecule has 140 valence electrons. The van der Waals surface area contributed by atoms with Crippen LogP contribution in [0, 0.1) is 17.2 Å². The van der Waals surface area contributed by atoms with Gasteiger partial charge in [0.05, 0.1) is 11.1 Å². The predicted octanol–water partition coefficient (Wildman–Crippen LogP) is 4.03. The fourth-order valence-corrected chi connectivity index (χ4v) is 3.23. The van der Waals surface area contributed by atoms with E-state index in [-0.39, 0.29) is 5.91 Å². The summed E-state index contributed by atoms with van der Waals surface area (Å²) in [5.41, 5.74) is 0.894. The van der Waals surface area contributed by atoms with Gasteiger partial charge in [0.1, 0.15) is 6.07 Å². The van der Waals surface area contributed by atoms with Crippen molar-refractivity contribution in [3.8, 4) is 6.07 Å². The highest BCUT2D eigenvalue weighted by molar-refractivity contribution is 7.99. The molecule has 5 nitrogen and oxygen atoms in total. The number of carbonyl (C=O) groups excluding carboxylic acids is 2. The maximum atomic E-state index is 12.6. The average molecular weight is 382 g/mol. The number of nitrogens with one attached hydrogen (secondary N) is 1. The van der Waals surface area contributed by atoms with Crippen molar-refractivity contribution in [1.82, 2.24) is 5.32 Å². The zero-order valence-electron chi connectivity index (χ0n) is 15.6. The zero-order valence-corrected chi connectivity index (χ0v) is 16.4. The van der Waals surface area contributed by atoms with Crippen LogP contribution in [0.3, 0.4) is 0 Å². The molecule has 0 aromatic heterocycles. The third kappa shape index (κ3) is 5.87. The summed E-state index contributed by atoms with van der Waals surface area (Å²) in [7, 11) is 0. The first kappa shape index (κ1) is 20.5. The van der Waals surface area contributed by atoms with Crippen molar-refractivity contribution >= 4 is 23.6 Å². The van der Waals surface area contributed by atoms with Gasteiger partial charge in [0.25, 0.3) is 5.91 Å². The summed E-state index contributed by atoms with van der Waals surface area (Å²) in [6.45, 7) is 6.05. The summed E-state index contributed by atoms with van der Waals surface area (Å²) >= 11 is 1.32. The predicted molar refractivity (Wildman–Crippen MR) is 104 cm³/mol. The SMILES string of the molecule is CC(C)CNC(=O)C(C)OC(=O)c1ccccc1Sc1ccccc1C#N. The van der Waals surface area contributed by atoms with Crippen LogP contribution in [-0.2, 0) is 9.53 Å². The van der Waals surface area contributed by atoms with E-state index in [1.165, 1.54) is 11.8 Å². The van der Waals surface area contributed by atoms with Crippen molar-refractivity contribution in [2.24, 2.45) is 5.92 Å². The number of esters is 1. The van der Waals surface area contributed by atoms with Crippen LogP contribution in [0.4, 0.5) is 0 Å². The molecule has 0 aliphatic heterocycles. The Labute approximate surface area is 163 Å². The minimum atomic E-state index is -0.888. The molecule has 0 bridgehead atoms. The lowest BCUT2D eigenvalue weighted by molar-refractivity contribution is -0.129. The van der Waals surface area contributed by atoms with Gasteiger partial charge < -0.3 is 10.1 Å². The number of amides is 1. The van der Waals surface area contributed by atoms with Crippen LogP contribution < -0.4 is 5.32 Å². The Morgan fingerprint density at radius 1 is 1.07 bits per heavy atom. The van der Waals surface area contributed by atoms with Crippen LogP contribution >= 0.6 is 11.8 Å². The zero-order chi connectivity index (χ0) is 19.8. The molecule has 0 spiro atoms. The van der Waals surface area contributed by atoms with Gasteiger partial charge in [-0.2, -0.15) is 5.26 Å². The molecule has 6 heteroatoms. The van der Waals surface area contributed by atoms with E-state index in [1.807, 2.05) is 32.0 Å². The number of nitriles is 1. The highest BCUT2D eigenvalue weighted by atomic mass is 32.2. The average Bonchev–Trinajstić information content (AvgIpc) is 2.66. The minimum absolute atomic E-state index is 0.314. The van der Waals surface area contributed by atoms with Gasteiger partial charge in [-0.3, -0.25) is 4.79 Å². The van der Waals surface area contributed by atoms with E-state index in [0.29, 0.717) is 28.5 Å². The molecule has 0 saturated carbocycles. The lowest BCUT2D eigenvalue weighted by atomic mass is 10.2. The lowest BCUT2D eigenvalue weighted by Gasteiger charge is -2.16. The van der Waals surface area contributed by atoms with Gasteiger partial charge in [-0.05, 0) is 37.1 Å². The van der Waals surface area contributed by atoms with E-state index in [2.05, 4.69) is 11.4 Å². The molecule has 2 aromatic rings. The number of hydrogen-bond acceptors (Lipinski definition) is 5. The first-order valence-corrected chi connectivity index (χ1v) is 9.48. The third-order valence-electron chi connectivity index (χ3n) is 3.67. The van der Waals surface area contributed by atoms with Crippen LogP contribution in [0.2, 0.25) is 0 Å². The number of hydrogen-bond donors (Lipinski definition) is 1. The molecule has 0 fully saturated rings. The summed E-state index contributed by atoms with van der Waals surface area (Å²) in [4.78, 5) is 26.0. The summed E-state index contributed by atoms with van der Waals surface area (Å²) in [5.74, 6) is -0.578. The Morgan fingerprint density at radius 2 is 1.70 bits per heavy atom. The van der Waals surface area contributed by atoms with Gasteiger partial charge in [-0.15, -0.1) is 0 Å². The van der Waals surface area contributed by atoms with E-state index in [9.17, 15) is 14.9 Å². The quantitative estimate of drug-likeness (QED) is 0.732. The number of rotatable bonds is 7. The standard InChI is InChI=1S/C21H22N2O3S/c1-14(2)13-23-20(24)15(3)26-21(25)17-9-5-7-11-19(17)27-18-10-6-4-8-16(18)12-22/h4-11,14-15H,13H2,1-3H3,(H,23,24). The Kier molecular flexibility index (Phi) is 7.44. The molecule has 27 heavy (non-hydrogen) atoms. The second-order valence-electron chi connectivity index (χ2n) is 6.39. The lowest BCUT2D eigenvalue weighted by Crippen LogP contribution is -2.37. The summed E-state index contributed by atoms with van der Waals surface area (Å²) in [6.07, 6.45) is -0.888. The van der Waals surface area contributed by atoms with Crippen molar-refractivity contribution in [1.29, 1.82) is 5.26 Å². The monoisotopic (exact) mass is 382 g/mol. The summed E-state index contributed by atoms with van der Waals surface area (Å²) in [5, 5.41) is 12.0. The Bertz CT molecular complexity index is 859. The van der Waals surface area contributed by atoms with E-state index in [4.69, 9.17) is 4.74 Å². The maximum Gasteiger partial charge on any atom is 0.340 e. The molecular weight excluding hydrogens is 360 g/mol. The molecule has 1 amide bonds. The molecule has 0 saturated heterocycles. The number of ether oxygens (including phenoxy) is 1. The maximum absolute atomic E-state index is 12.6. The normalized spacial score (nSPS) is 11.5. The molecule has 1 atom stereocenters. The second kappa shape index (κ2) is 9.79. The van der Waals surface area contributed by atoms with Crippen molar-refractivity contribution in [3.63, 3.8) is 0 Å². The van der Waals surface area contributed by atoms with E-state index in [0.717, 1.165) is 4.90 Å². The van der Waals surface area contributed by atoms with Gasteiger partial charge in [0.2, 0.25) is 0 Å². The molecule has 1 N–H and O–H groups in total. The second-order valence-corrected chi connectivity index (χ2v) is 7.48. The molecule has 0 aliphatic rings. The Morgan fingerprint density at radius 3 is 2.37 bits per heavy atom. The molecular formula is C21H22N2O3S. The molecule has 0 aliphatic carbocycles. The minimum Gasteiger partial charge on any atom is -0.449 e. The van der Waals surface area contributed by atoms with Crippen LogP contribution in [0.15, 0.2) is 58.3 Å². The first-order chi connectivity index (χ1) is 12.9. The van der Waals surface area contributed by atoms with Crippen LogP contribution in [0.25, 0.3) is 0 Å². The van der Waals surface area contributed by atoms with Gasteiger partial charge in [-0.25, -0.2) is 4.79 Å². The van der Waals surface area contributed by atoms with Crippen LogP contribution in [0.5, 0.6) is 0 Å². The largest absolute Gasteiger partial charge is 0.449 e. The number of benzene rings is 2. The topological polar surface area (TPSA) is 79.2 Å². The van der Waals surface area contributed by atoms with Gasteiger partial charge in [-0.1, -0.05) is 49.9 Å². The smallest absolute Gasteiger partial charge is 0.340 e. The van der Waals surface area contributed by atoms with Crippen molar-refractivity contribution in [3.05, 3.63) is 59.7 Å². The number of nitrogens with zero attached hydrogens (tertiary/aromatic N) is 1. The molecule has 0 heterocycles. The van der Waals surface area contributed by atoms with Crippen molar-refractivity contribution < 1.29 is 14.3 Å². The highest BCUT2D eigenvalue weighted by Gasteiger charge is 2.21.